The summed E-state index contributed by atoms with van der Waals surface area (Å²) in [4.78, 5) is 16.7. The van der Waals surface area contributed by atoms with E-state index in [-0.39, 0.29) is 18.6 Å². The lowest BCUT2D eigenvalue weighted by Gasteiger charge is -2.17. The monoisotopic (exact) mass is 338 g/mol. The molecule has 1 unspecified atom stereocenters. The summed E-state index contributed by atoms with van der Waals surface area (Å²) in [7, 11) is 0. The average Bonchev–Trinajstić information content (AvgIpc) is 3.13. The van der Waals surface area contributed by atoms with Gasteiger partial charge in [0.1, 0.15) is 16.8 Å². The molecule has 0 spiro atoms. The molecule has 24 heavy (non-hydrogen) atoms. The minimum absolute atomic E-state index is 0.0296. The van der Waals surface area contributed by atoms with Gasteiger partial charge in [-0.25, -0.2) is 4.98 Å². The molecule has 0 aliphatic heterocycles. The Bertz CT molecular complexity index is 788. The summed E-state index contributed by atoms with van der Waals surface area (Å²) in [6.45, 7) is 1.96. The first kappa shape index (κ1) is 16.2. The number of ether oxygens (including phenoxy) is 1. The molecule has 1 aromatic heterocycles. The molecule has 2 aromatic carbocycles. The largest absolute Gasteiger partial charge is 0.484 e. The van der Waals surface area contributed by atoms with Crippen LogP contribution in [-0.4, -0.2) is 17.5 Å². The smallest absolute Gasteiger partial charge is 0.258 e. The van der Waals surface area contributed by atoms with Crippen molar-refractivity contribution in [2.24, 2.45) is 0 Å². The molecule has 1 heterocycles. The Morgan fingerprint density at radius 2 is 2.04 bits per heavy atom. The molecule has 1 N–H and O–H groups in total. The number of hydrogen-bond donors (Lipinski definition) is 1. The molecule has 0 radical (unpaired) electrons. The molecule has 4 nitrogen and oxygen atoms in total. The Labute approximate surface area is 145 Å². The van der Waals surface area contributed by atoms with E-state index in [0.29, 0.717) is 5.75 Å². The van der Waals surface area contributed by atoms with E-state index in [4.69, 9.17) is 4.74 Å². The van der Waals surface area contributed by atoms with Gasteiger partial charge in [0.2, 0.25) is 0 Å². The van der Waals surface area contributed by atoms with E-state index in [1.165, 1.54) is 11.3 Å². The van der Waals surface area contributed by atoms with Crippen molar-refractivity contribution < 1.29 is 9.53 Å². The van der Waals surface area contributed by atoms with Gasteiger partial charge in [-0.2, -0.15) is 0 Å². The number of benzene rings is 2. The van der Waals surface area contributed by atoms with Crippen molar-refractivity contribution in [3.05, 3.63) is 82.3 Å². The summed E-state index contributed by atoms with van der Waals surface area (Å²) >= 11 is 1.52. The van der Waals surface area contributed by atoms with Gasteiger partial charge in [-0.15, -0.1) is 11.3 Å². The van der Waals surface area contributed by atoms with E-state index in [0.717, 1.165) is 16.1 Å². The molecule has 0 aliphatic rings. The fraction of sp³-hybridized carbons (Fsp3) is 0.158. The van der Waals surface area contributed by atoms with Gasteiger partial charge in [0.05, 0.1) is 0 Å². The fourth-order valence-electron chi connectivity index (χ4n) is 2.37. The maximum absolute atomic E-state index is 12.3. The van der Waals surface area contributed by atoms with Gasteiger partial charge >= 0.3 is 0 Å². The number of amides is 1. The van der Waals surface area contributed by atoms with E-state index >= 15 is 0 Å². The van der Waals surface area contributed by atoms with Crippen LogP contribution in [0, 0.1) is 6.92 Å². The third kappa shape index (κ3) is 4.20. The van der Waals surface area contributed by atoms with Gasteiger partial charge < -0.3 is 10.1 Å². The molecule has 3 aromatic rings. The van der Waals surface area contributed by atoms with Crippen molar-refractivity contribution in [1.82, 2.24) is 10.3 Å². The standard InChI is InChI=1S/C19H18N2O2S/c1-14-6-5-9-16(12-14)23-13-17(22)21-18(19-20-10-11-24-19)15-7-3-2-4-8-15/h2-12,18H,13H2,1H3,(H,21,22). The quantitative estimate of drug-likeness (QED) is 0.745. The number of carbonyl (C=O) groups excluding carboxylic acids is 1. The van der Waals surface area contributed by atoms with E-state index in [2.05, 4.69) is 10.3 Å². The third-order valence-corrected chi connectivity index (χ3v) is 4.34. The van der Waals surface area contributed by atoms with E-state index in [1.54, 1.807) is 6.20 Å². The Morgan fingerprint density at radius 3 is 2.75 bits per heavy atom. The molecule has 0 bridgehead atoms. The number of aryl methyl sites for hydroxylation is 1. The molecular formula is C19H18N2O2S. The van der Waals surface area contributed by atoms with Crippen LogP contribution in [0.15, 0.2) is 66.2 Å². The molecule has 122 valence electrons. The number of nitrogens with one attached hydrogen (secondary N) is 1. The highest BCUT2D eigenvalue weighted by Crippen LogP contribution is 2.23. The molecule has 0 saturated carbocycles. The zero-order valence-corrected chi connectivity index (χ0v) is 14.1. The van der Waals surface area contributed by atoms with Gasteiger partial charge in [0, 0.05) is 11.6 Å². The van der Waals surface area contributed by atoms with E-state index in [1.807, 2.05) is 66.9 Å². The molecule has 1 amide bonds. The van der Waals surface area contributed by atoms with Crippen LogP contribution >= 0.6 is 11.3 Å². The molecular weight excluding hydrogens is 320 g/mol. The summed E-state index contributed by atoms with van der Waals surface area (Å²) in [5.41, 5.74) is 2.09. The minimum Gasteiger partial charge on any atom is -0.484 e. The second kappa shape index (κ2) is 7.75. The van der Waals surface area contributed by atoms with E-state index in [9.17, 15) is 4.79 Å². The normalized spacial score (nSPS) is 11.7. The van der Waals surface area contributed by atoms with Crippen molar-refractivity contribution in [2.45, 2.75) is 13.0 Å². The molecule has 0 fully saturated rings. The highest BCUT2D eigenvalue weighted by molar-refractivity contribution is 7.09. The van der Waals surface area contributed by atoms with E-state index < -0.39 is 0 Å². The van der Waals surface area contributed by atoms with Gasteiger partial charge in [-0.1, -0.05) is 42.5 Å². The third-order valence-electron chi connectivity index (χ3n) is 3.50. The lowest BCUT2D eigenvalue weighted by Crippen LogP contribution is -2.33. The second-order valence-corrected chi connectivity index (χ2v) is 6.31. The zero-order valence-electron chi connectivity index (χ0n) is 13.3. The molecule has 0 saturated heterocycles. The molecule has 0 aliphatic carbocycles. The summed E-state index contributed by atoms with van der Waals surface area (Å²) in [5.74, 6) is 0.510. The predicted molar refractivity (Wildman–Crippen MR) is 95.2 cm³/mol. The van der Waals surface area contributed by atoms with Gasteiger partial charge in [0.25, 0.3) is 5.91 Å². The van der Waals surface area contributed by atoms with Gasteiger partial charge in [-0.3, -0.25) is 4.79 Å². The van der Waals surface area contributed by atoms with Crippen LogP contribution in [-0.2, 0) is 4.79 Å². The highest BCUT2D eigenvalue weighted by Gasteiger charge is 2.19. The van der Waals surface area contributed by atoms with Crippen LogP contribution in [0.4, 0.5) is 0 Å². The zero-order chi connectivity index (χ0) is 16.8. The number of hydrogen-bond acceptors (Lipinski definition) is 4. The number of aromatic nitrogens is 1. The topological polar surface area (TPSA) is 51.2 Å². The maximum atomic E-state index is 12.3. The second-order valence-electron chi connectivity index (χ2n) is 5.39. The van der Waals surface area contributed by atoms with Crippen LogP contribution < -0.4 is 10.1 Å². The highest BCUT2D eigenvalue weighted by atomic mass is 32.1. The first-order valence-corrected chi connectivity index (χ1v) is 8.53. The van der Waals surface area contributed by atoms with Crippen LogP contribution in [0.3, 0.4) is 0 Å². The summed E-state index contributed by atoms with van der Waals surface area (Å²) < 4.78 is 5.57. The Balaban J connectivity index is 1.68. The first-order chi connectivity index (χ1) is 11.7. The van der Waals surface area contributed by atoms with Crippen LogP contribution in [0.1, 0.15) is 22.2 Å². The summed E-state index contributed by atoms with van der Waals surface area (Å²) in [5, 5.41) is 5.76. The number of rotatable bonds is 6. The lowest BCUT2D eigenvalue weighted by atomic mass is 10.1. The van der Waals surface area contributed by atoms with Crippen LogP contribution in [0.25, 0.3) is 0 Å². The van der Waals surface area contributed by atoms with Crippen molar-refractivity contribution >= 4 is 17.2 Å². The lowest BCUT2D eigenvalue weighted by molar-refractivity contribution is -0.123. The van der Waals surface area contributed by atoms with Crippen LogP contribution in [0.2, 0.25) is 0 Å². The minimum atomic E-state index is -0.264. The maximum Gasteiger partial charge on any atom is 0.258 e. The summed E-state index contributed by atoms with van der Waals surface area (Å²) in [6, 6.07) is 17.2. The molecule has 3 rings (SSSR count). The number of nitrogens with zero attached hydrogens (tertiary/aromatic N) is 1. The molecule has 5 heteroatoms. The Kier molecular flexibility index (Phi) is 5.23. The summed E-state index contributed by atoms with van der Waals surface area (Å²) in [6.07, 6.45) is 1.74. The SMILES string of the molecule is Cc1cccc(OCC(=O)NC(c2ccccc2)c2nccs2)c1. The van der Waals surface area contributed by atoms with Crippen molar-refractivity contribution in [1.29, 1.82) is 0 Å². The Morgan fingerprint density at radius 1 is 1.21 bits per heavy atom. The van der Waals surface area contributed by atoms with Gasteiger partial charge in [0.15, 0.2) is 6.61 Å². The molecule has 1 atom stereocenters. The average molecular weight is 338 g/mol. The Hall–Kier alpha value is -2.66. The predicted octanol–water partition coefficient (Wildman–Crippen LogP) is 3.74. The van der Waals surface area contributed by atoms with Gasteiger partial charge in [-0.05, 0) is 30.2 Å². The van der Waals surface area contributed by atoms with Crippen LogP contribution in [0.5, 0.6) is 5.75 Å². The van der Waals surface area contributed by atoms with Crippen molar-refractivity contribution in [3.8, 4) is 5.75 Å². The van der Waals surface area contributed by atoms with Crippen molar-refractivity contribution in [3.63, 3.8) is 0 Å². The van der Waals surface area contributed by atoms with Crippen molar-refractivity contribution in [2.75, 3.05) is 6.61 Å². The first-order valence-electron chi connectivity index (χ1n) is 7.65. The number of carbonyl (C=O) groups is 1. The number of thiazole rings is 1. The fourth-order valence-corrected chi connectivity index (χ4v) is 3.08.